The number of carbonyl (C=O) groups is 1. The summed E-state index contributed by atoms with van der Waals surface area (Å²) in [5.74, 6) is -0.0571. The minimum atomic E-state index is -0.0476. The molecule has 1 N–H and O–H groups in total. The van der Waals surface area contributed by atoms with Crippen molar-refractivity contribution in [2.24, 2.45) is 5.92 Å². The number of thiazole rings is 2. The number of fused-ring (bicyclic) bond motifs is 3. The van der Waals surface area contributed by atoms with Crippen LogP contribution in [0.3, 0.4) is 0 Å². The van der Waals surface area contributed by atoms with Gasteiger partial charge in [0, 0.05) is 5.92 Å². The van der Waals surface area contributed by atoms with Crippen molar-refractivity contribution in [2.45, 2.75) is 20.8 Å². The first-order chi connectivity index (χ1) is 9.04. The summed E-state index contributed by atoms with van der Waals surface area (Å²) in [6.45, 7) is 5.73. The Morgan fingerprint density at radius 3 is 2.79 bits per heavy atom. The van der Waals surface area contributed by atoms with Crippen LogP contribution in [0.15, 0.2) is 12.1 Å². The zero-order valence-corrected chi connectivity index (χ0v) is 12.5. The van der Waals surface area contributed by atoms with Crippen LogP contribution in [0.1, 0.15) is 18.9 Å². The third-order valence-electron chi connectivity index (χ3n) is 2.78. The van der Waals surface area contributed by atoms with Crippen molar-refractivity contribution in [3.63, 3.8) is 0 Å². The predicted octanol–water partition coefficient (Wildman–Crippen LogP) is 3.81. The van der Waals surface area contributed by atoms with E-state index in [1.165, 1.54) is 11.3 Å². The molecule has 4 nitrogen and oxygen atoms in total. The second kappa shape index (κ2) is 4.54. The molecular formula is C13H13N3OS2. The number of aryl methyl sites for hydroxylation is 1. The van der Waals surface area contributed by atoms with Gasteiger partial charge < -0.3 is 5.32 Å². The molecule has 3 rings (SSSR count). The molecule has 0 radical (unpaired) electrons. The van der Waals surface area contributed by atoms with Crippen molar-refractivity contribution in [3.05, 3.63) is 17.1 Å². The molecule has 0 saturated heterocycles. The molecule has 0 saturated carbocycles. The van der Waals surface area contributed by atoms with Crippen LogP contribution in [0.2, 0.25) is 0 Å². The summed E-state index contributed by atoms with van der Waals surface area (Å²) in [6, 6.07) is 4.02. The smallest absolute Gasteiger partial charge is 0.228 e. The van der Waals surface area contributed by atoms with Gasteiger partial charge in [0.15, 0.2) is 5.13 Å². The fourth-order valence-corrected chi connectivity index (χ4v) is 3.65. The molecular weight excluding hydrogens is 278 g/mol. The van der Waals surface area contributed by atoms with Crippen LogP contribution >= 0.6 is 22.7 Å². The Balaban J connectivity index is 2.09. The number of hydrogen-bond acceptors (Lipinski definition) is 5. The average molecular weight is 291 g/mol. The van der Waals surface area contributed by atoms with E-state index in [2.05, 4.69) is 15.3 Å². The molecule has 2 aromatic heterocycles. The molecule has 0 aliphatic carbocycles. The standard InChI is InChI=1S/C13H13N3OS2/c1-6(2)12(17)16-13-15-8-4-5-9-10(11(8)19-13)14-7(3)18-9/h4-6H,1-3H3,(H,15,16,17). The fourth-order valence-electron chi connectivity index (χ4n) is 1.79. The van der Waals surface area contributed by atoms with Crippen LogP contribution in [0.25, 0.3) is 20.4 Å². The van der Waals surface area contributed by atoms with Gasteiger partial charge in [-0.1, -0.05) is 25.2 Å². The van der Waals surface area contributed by atoms with Gasteiger partial charge in [-0.15, -0.1) is 11.3 Å². The summed E-state index contributed by atoms with van der Waals surface area (Å²) in [5.41, 5.74) is 1.88. The number of rotatable bonds is 2. The van der Waals surface area contributed by atoms with E-state index in [1.807, 2.05) is 32.9 Å². The molecule has 0 aliphatic rings. The largest absolute Gasteiger partial charge is 0.302 e. The molecule has 1 amide bonds. The van der Waals surface area contributed by atoms with E-state index in [9.17, 15) is 4.79 Å². The maximum absolute atomic E-state index is 11.7. The van der Waals surface area contributed by atoms with Gasteiger partial charge in [0.2, 0.25) is 5.91 Å². The quantitative estimate of drug-likeness (QED) is 0.781. The summed E-state index contributed by atoms with van der Waals surface area (Å²) in [7, 11) is 0. The fraction of sp³-hybridized carbons (Fsp3) is 0.308. The SMILES string of the molecule is Cc1nc2c(ccc3nc(NC(=O)C(C)C)sc32)s1. The first-order valence-electron chi connectivity index (χ1n) is 6.02. The van der Waals surface area contributed by atoms with Crippen LogP contribution in [0, 0.1) is 12.8 Å². The summed E-state index contributed by atoms with van der Waals surface area (Å²) < 4.78 is 2.20. The van der Waals surface area contributed by atoms with Crippen molar-refractivity contribution in [2.75, 3.05) is 5.32 Å². The molecule has 19 heavy (non-hydrogen) atoms. The van der Waals surface area contributed by atoms with Crippen LogP contribution in [0.4, 0.5) is 5.13 Å². The lowest BCUT2D eigenvalue weighted by molar-refractivity contribution is -0.118. The first kappa shape index (κ1) is 12.5. The number of nitrogens with one attached hydrogen (secondary N) is 1. The highest BCUT2D eigenvalue weighted by Gasteiger charge is 2.13. The number of anilines is 1. The number of aromatic nitrogens is 2. The van der Waals surface area contributed by atoms with Crippen LogP contribution in [-0.4, -0.2) is 15.9 Å². The van der Waals surface area contributed by atoms with Crippen molar-refractivity contribution in [1.29, 1.82) is 0 Å². The minimum absolute atomic E-state index is 0.00948. The van der Waals surface area contributed by atoms with Crippen molar-refractivity contribution in [1.82, 2.24) is 9.97 Å². The Morgan fingerprint density at radius 2 is 2.05 bits per heavy atom. The Kier molecular flexibility index (Phi) is 2.99. The second-order valence-corrected chi connectivity index (χ2v) is 6.89. The van der Waals surface area contributed by atoms with E-state index in [0.717, 1.165) is 25.4 Å². The van der Waals surface area contributed by atoms with Gasteiger partial charge in [0.05, 0.1) is 19.9 Å². The van der Waals surface area contributed by atoms with E-state index in [0.29, 0.717) is 5.13 Å². The normalized spacial score (nSPS) is 11.6. The predicted molar refractivity (Wildman–Crippen MR) is 81.0 cm³/mol. The van der Waals surface area contributed by atoms with E-state index in [-0.39, 0.29) is 11.8 Å². The summed E-state index contributed by atoms with van der Waals surface area (Å²) in [5, 5.41) is 4.54. The second-order valence-electron chi connectivity index (χ2n) is 4.66. The van der Waals surface area contributed by atoms with Gasteiger partial charge in [0.25, 0.3) is 0 Å². The van der Waals surface area contributed by atoms with Gasteiger partial charge in [-0.2, -0.15) is 0 Å². The Labute approximate surface area is 118 Å². The average Bonchev–Trinajstić information content (AvgIpc) is 2.90. The zero-order chi connectivity index (χ0) is 13.6. The molecule has 98 valence electrons. The molecule has 6 heteroatoms. The number of nitrogens with zero attached hydrogens (tertiary/aromatic N) is 2. The highest BCUT2D eigenvalue weighted by molar-refractivity contribution is 7.24. The lowest BCUT2D eigenvalue weighted by atomic mass is 10.2. The third-order valence-corrected chi connectivity index (χ3v) is 4.71. The number of amides is 1. The van der Waals surface area contributed by atoms with Crippen molar-refractivity contribution >= 4 is 54.1 Å². The van der Waals surface area contributed by atoms with Crippen molar-refractivity contribution in [3.8, 4) is 0 Å². The Hall–Kier alpha value is -1.53. The molecule has 2 heterocycles. The highest BCUT2D eigenvalue weighted by atomic mass is 32.1. The van der Waals surface area contributed by atoms with E-state index in [4.69, 9.17) is 0 Å². The molecule has 0 spiro atoms. The molecule has 0 fully saturated rings. The van der Waals surface area contributed by atoms with Gasteiger partial charge in [-0.25, -0.2) is 9.97 Å². The van der Waals surface area contributed by atoms with Crippen LogP contribution < -0.4 is 5.32 Å². The lowest BCUT2D eigenvalue weighted by Gasteiger charge is -2.02. The summed E-state index contributed by atoms with van der Waals surface area (Å²) in [4.78, 5) is 20.7. The van der Waals surface area contributed by atoms with E-state index >= 15 is 0 Å². The van der Waals surface area contributed by atoms with Gasteiger partial charge in [0.1, 0.15) is 5.52 Å². The molecule has 0 aliphatic heterocycles. The Morgan fingerprint density at radius 1 is 1.26 bits per heavy atom. The molecule has 0 bridgehead atoms. The molecule has 0 unspecified atom stereocenters. The van der Waals surface area contributed by atoms with E-state index in [1.54, 1.807) is 11.3 Å². The molecule has 3 aromatic rings. The summed E-state index contributed by atoms with van der Waals surface area (Å²) >= 11 is 3.16. The summed E-state index contributed by atoms with van der Waals surface area (Å²) in [6.07, 6.45) is 0. The third kappa shape index (κ3) is 2.21. The number of hydrogen-bond donors (Lipinski definition) is 1. The number of carbonyl (C=O) groups excluding carboxylic acids is 1. The molecule has 1 aromatic carbocycles. The lowest BCUT2D eigenvalue weighted by Crippen LogP contribution is -2.17. The first-order valence-corrected chi connectivity index (χ1v) is 7.65. The topological polar surface area (TPSA) is 54.9 Å². The Bertz CT molecular complexity index is 773. The minimum Gasteiger partial charge on any atom is -0.302 e. The monoisotopic (exact) mass is 291 g/mol. The van der Waals surface area contributed by atoms with Crippen LogP contribution in [0.5, 0.6) is 0 Å². The zero-order valence-electron chi connectivity index (χ0n) is 10.9. The van der Waals surface area contributed by atoms with Gasteiger partial charge in [-0.05, 0) is 19.1 Å². The van der Waals surface area contributed by atoms with Gasteiger partial charge >= 0.3 is 0 Å². The van der Waals surface area contributed by atoms with E-state index < -0.39 is 0 Å². The maximum atomic E-state index is 11.7. The highest BCUT2D eigenvalue weighted by Crippen LogP contribution is 2.34. The maximum Gasteiger partial charge on any atom is 0.228 e. The molecule has 0 atom stereocenters. The van der Waals surface area contributed by atoms with Crippen LogP contribution in [-0.2, 0) is 4.79 Å². The number of benzene rings is 1. The van der Waals surface area contributed by atoms with Gasteiger partial charge in [-0.3, -0.25) is 4.79 Å². The van der Waals surface area contributed by atoms with Crippen molar-refractivity contribution < 1.29 is 4.79 Å².